The lowest BCUT2D eigenvalue weighted by Gasteiger charge is -2.25. The number of aliphatic hydroxyl groups excluding tert-OH is 2. The van der Waals surface area contributed by atoms with Gasteiger partial charge in [0.25, 0.3) is 0 Å². The van der Waals surface area contributed by atoms with Crippen LogP contribution in [0.3, 0.4) is 0 Å². The molecule has 1 unspecified atom stereocenters. The average Bonchev–Trinajstić information content (AvgIpc) is 2.32. The topological polar surface area (TPSA) is 43.7 Å². The van der Waals surface area contributed by atoms with Crippen LogP contribution >= 0.6 is 0 Å². The minimum atomic E-state index is -0.242. The summed E-state index contributed by atoms with van der Waals surface area (Å²) < 4.78 is 0. The van der Waals surface area contributed by atoms with Gasteiger partial charge in [0.15, 0.2) is 0 Å². The van der Waals surface area contributed by atoms with E-state index in [1.165, 1.54) is 0 Å². The molecule has 2 atom stereocenters. The molecular weight excluding hydrogens is 154 g/mol. The van der Waals surface area contributed by atoms with Gasteiger partial charge < -0.3 is 10.2 Å². The Kier molecular flexibility index (Phi) is 3.12. The summed E-state index contributed by atoms with van der Waals surface area (Å²) in [4.78, 5) is 2.18. The molecule has 3 nitrogen and oxygen atoms in total. The molecule has 0 aromatic rings. The predicted molar refractivity (Wildman–Crippen MR) is 48.0 cm³/mol. The van der Waals surface area contributed by atoms with Crippen LogP contribution in [0.25, 0.3) is 0 Å². The number of hydrogen-bond acceptors (Lipinski definition) is 3. The van der Waals surface area contributed by atoms with Crippen molar-refractivity contribution in [2.24, 2.45) is 0 Å². The first kappa shape index (κ1) is 9.55. The SMILES string of the molecule is CC(C)N1CC(O)C[C@@H]1/C=C/O. The van der Waals surface area contributed by atoms with Gasteiger partial charge in [-0.05, 0) is 26.3 Å². The molecule has 0 radical (unpaired) electrons. The Hall–Kier alpha value is -0.540. The van der Waals surface area contributed by atoms with E-state index < -0.39 is 0 Å². The number of likely N-dealkylation sites (tertiary alicyclic amines) is 1. The van der Waals surface area contributed by atoms with Gasteiger partial charge in [0.1, 0.15) is 0 Å². The zero-order valence-corrected chi connectivity index (χ0v) is 7.64. The molecule has 1 aliphatic heterocycles. The summed E-state index contributed by atoms with van der Waals surface area (Å²) in [6.45, 7) is 4.90. The summed E-state index contributed by atoms with van der Waals surface area (Å²) in [5.41, 5.74) is 0. The quantitative estimate of drug-likeness (QED) is 0.607. The van der Waals surface area contributed by atoms with Crippen LogP contribution in [-0.2, 0) is 0 Å². The molecule has 1 aliphatic rings. The fourth-order valence-corrected chi connectivity index (χ4v) is 1.75. The van der Waals surface area contributed by atoms with E-state index in [-0.39, 0.29) is 12.1 Å². The molecule has 70 valence electrons. The fraction of sp³-hybridized carbons (Fsp3) is 0.778. The van der Waals surface area contributed by atoms with Crippen molar-refractivity contribution < 1.29 is 10.2 Å². The lowest BCUT2D eigenvalue weighted by molar-refractivity contribution is 0.163. The Morgan fingerprint density at radius 2 is 2.17 bits per heavy atom. The summed E-state index contributed by atoms with van der Waals surface area (Å²) in [5, 5.41) is 18.0. The Bertz CT molecular complexity index is 168. The van der Waals surface area contributed by atoms with Crippen molar-refractivity contribution in [3.05, 3.63) is 12.3 Å². The normalized spacial score (nSPS) is 32.3. The first-order valence-corrected chi connectivity index (χ1v) is 4.40. The molecule has 0 aliphatic carbocycles. The third-order valence-electron chi connectivity index (χ3n) is 2.33. The van der Waals surface area contributed by atoms with E-state index in [1.807, 2.05) is 0 Å². The second-order valence-corrected chi connectivity index (χ2v) is 3.59. The molecule has 3 heteroatoms. The Morgan fingerprint density at radius 3 is 2.67 bits per heavy atom. The summed E-state index contributed by atoms with van der Waals surface area (Å²) in [6.07, 6.45) is 3.29. The van der Waals surface area contributed by atoms with E-state index in [0.717, 1.165) is 12.7 Å². The molecular formula is C9H17NO2. The predicted octanol–water partition coefficient (Wildman–Crippen LogP) is 0.902. The maximum absolute atomic E-state index is 9.39. The highest BCUT2D eigenvalue weighted by Crippen LogP contribution is 2.21. The lowest BCUT2D eigenvalue weighted by atomic mass is 10.2. The van der Waals surface area contributed by atoms with E-state index in [2.05, 4.69) is 18.7 Å². The lowest BCUT2D eigenvalue weighted by Crippen LogP contribution is -2.34. The van der Waals surface area contributed by atoms with Crippen LogP contribution in [-0.4, -0.2) is 39.8 Å². The zero-order valence-electron chi connectivity index (χ0n) is 7.64. The fourth-order valence-electron chi connectivity index (χ4n) is 1.75. The van der Waals surface area contributed by atoms with Crippen LogP contribution in [0.15, 0.2) is 12.3 Å². The number of β-amino-alcohol motifs (C(OH)–C–C–N with tert-alkyl or cyclic N) is 1. The first-order chi connectivity index (χ1) is 5.65. The number of aliphatic hydroxyl groups is 2. The second kappa shape index (κ2) is 3.92. The highest BCUT2D eigenvalue weighted by Gasteiger charge is 2.30. The molecule has 1 saturated heterocycles. The van der Waals surface area contributed by atoms with Gasteiger partial charge in [0, 0.05) is 18.6 Å². The Balaban J connectivity index is 2.59. The van der Waals surface area contributed by atoms with Gasteiger partial charge in [-0.15, -0.1) is 0 Å². The van der Waals surface area contributed by atoms with Crippen LogP contribution in [0.5, 0.6) is 0 Å². The average molecular weight is 171 g/mol. The maximum Gasteiger partial charge on any atom is 0.0767 e. The highest BCUT2D eigenvalue weighted by molar-refractivity contribution is 4.98. The van der Waals surface area contributed by atoms with E-state index in [4.69, 9.17) is 5.11 Å². The van der Waals surface area contributed by atoms with E-state index in [9.17, 15) is 5.11 Å². The highest BCUT2D eigenvalue weighted by atomic mass is 16.3. The van der Waals surface area contributed by atoms with Crippen molar-refractivity contribution in [3.63, 3.8) is 0 Å². The summed E-state index contributed by atoms with van der Waals surface area (Å²) in [6, 6.07) is 0.619. The largest absolute Gasteiger partial charge is 0.516 e. The third kappa shape index (κ3) is 1.99. The summed E-state index contributed by atoms with van der Waals surface area (Å²) in [7, 11) is 0. The molecule has 1 fully saturated rings. The number of hydrogen-bond donors (Lipinski definition) is 2. The van der Waals surface area contributed by atoms with Crippen molar-refractivity contribution in [1.29, 1.82) is 0 Å². The zero-order chi connectivity index (χ0) is 9.14. The van der Waals surface area contributed by atoms with Gasteiger partial charge in [0.05, 0.1) is 12.4 Å². The molecule has 0 saturated carbocycles. The van der Waals surface area contributed by atoms with Crippen LogP contribution in [0.2, 0.25) is 0 Å². The summed E-state index contributed by atoms with van der Waals surface area (Å²) in [5.74, 6) is 0. The van der Waals surface area contributed by atoms with Gasteiger partial charge in [-0.2, -0.15) is 0 Å². The van der Waals surface area contributed by atoms with E-state index in [0.29, 0.717) is 12.6 Å². The second-order valence-electron chi connectivity index (χ2n) is 3.59. The van der Waals surface area contributed by atoms with E-state index in [1.54, 1.807) is 6.08 Å². The van der Waals surface area contributed by atoms with Crippen molar-refractivity contribution in [2.45, 2.75) is 38.5 Å². The monoisotopic (exact) mass is 171 g/mol. The molecule has 0 aromatic heterocycles. The molecule has 1 heterocycles. The van der Waals surface area contributed by atoms with Crippen LogP contribution in [0.1, 0.15) is 20.3 Å². The molecule has 12 heavy (non-hydrogen) atoms. The van der Waals surface area contributed by atoms with Gasteiger partial charge >= 0.3 is 0 Å². The molecule has 0 bridgehead atoms. The summed E-state index contributed by atoms with van der Waals surface area (Å²) >= 11 is 0. The van der Waals surface area contributed by atoms with Gasteiger partial charge in [-0.1, -0.05) is 0 Å². The van der Waals surface area contributed by atoms with Gasteiger partial charge in [-0.3, -0.25) is 4.90 Å². The molecule has 2 N–H and O–H groups in total. The van der Waals surface area contributed by atoms with Crippen molar-refractivity contribution in [2.75, 3.05) is 6.54 Å². The van der Waals surface area contributed by atoms with Crippen LogP contribution in [0, 0.1) is 0 Å². The van der Waals surface area contributed by atoms with Crippen molar-refractivity contribution in [1.82, 2.24) is 4.90 Å². The third-order valence-corrected chi connectivity index (χ3v) is 2.33. The maximum atomic E-state index is 9.39. The minimum absolute atomic E-state index is 0.199. The van der Waals surface area contributed by atoms with E-state index >= 15 is 0 Å². The van der Waals surface area contributed by atoms with Gasteiger partial charge in [0.2, 0.25) is 0 Å². The Labute approximate surface area is 73.3 Å². The van der Waals surface area contributed by atoms with Crippen LogP contribution < -0.4 is 0 Å². The molecule has 0 amide bonds. The molecule has 0 aromatic carbocycles. The van der Waals surface area contributed by atoms with Crippen LogP contribution in [0.4, 0.5) is 0 Å². The van der Waals surface area contributed by atoms with Crippen molar-refractivity contribution in [3.8, 4) is 0 Å². The minimum Gasteiger partial charge on any atom is -0.516 e. The Morgan fingerprint density at radius 1 is 1.50 bits per heavy atom. The molecule has 1 rings (SSSR count). The number of nitrogens with zero attached hydrogens (tertiary/aromatic N) is 1. The number of rotatable bonds is 2. The standard InChI is InChI=1S/C9H17NO2/c1-7(2)10-6-9(12)5-8(10)3-4-11/h3-4,7-9,11-12H,5-6H2,1-2H3/b4-3+/t8-,9?/m0/s1. The smallest absolute Gasteiger partial charge is 0.0767 e. The first-order valence-electron chi connectivity index (χ1n) is 4.40. The molecule has 0 spiro atoms. The van der Waals surface area contributed by atoms with Crippen molar-refractivity contribution >= 4 is 0 Å². The van der Waals surface area contributed by atoms with Gasteiger partial charge in [-0.25, -0.2) is 0 Å².